The van der Waals surface area contributed by atoms with Crippen molar-refractivity contribution in [2.75, 3.05) is 29.9 Å². The summed E-state index contributed by atoms with van der Waals surface area (Å²) in [6.07, 6.45) is 1.03. The molecular formula is C14H14FN3O2S. The van der Waals surface area contributed by atoms with E-state index in [1.54, 1.807) is 17.6 Å². The fourth-order valence-corrected chi connectivity index (χ4v) is 2.72. The summed E-state index contributed by atoms with van der Waals surface area (Å²) < 4.78 is 18.8. The van der Waals surface area contributed by atoms with E-state index >= 15 is 0 Å². The van der Waals surface area contributed by atoms with Gasteiger partial charge in [-0.3, -0.25) is 10.1 Å². The predicted molar refractivity (Wildman–Crippen MR) is 79.1 cm³/mol. The molecule has 0 bridgehead atoms. The molecule has 0 saturated carbocycles. The summed E-state index contributed by atoms with van der Waals surface area (Å²) in [6, 6.07) is 6.34. The Bertz CT molecular complexity index is 620. The number of carbonyl (C=O) groups excluding carboxylic acids is 1. The number of aromatic nitrogens is 1. The highest BCUT2D eigenvalue weighted by molar-refractivity contribution is 7.13. The van der Waals surface area contributed by atoms with Crippen molar-refractivity contribution in [1.82, 2.24) is 4.98 Å². The zero-order chi connectivity index (χ0) is 14.7. The topological polar surface area (TPSA) is 54.5 Å². The van der Waals surface area contributed by atoms with E-state index in [1.807, 2.05) is 11.0 Å². The van der Waals surface area contributed by atoms with Gasteiger partial charge >= 0.3 is 0 Å². The number of hydrogen-bond donors (Lipinski definition) is 1. The second-order valence-electron chi connectivity index (χ2n) is 4.61. The highest BCUT2D eigenvalue weighted by Gasteiger charge is 2.27. The molecule has 0 spiro atoms. The summed E-state index contributed by atoms with van der Waals surface area (Å²) in [4.78, 5) is 18.1. The third kappa shape index (κ3) is 3.37. The lowest BCUT2D eigenvalue weighted by Crippen LogP contribution is -2.48. The summed E-state index contributed by atoms with van der Waals surface area (Å²) >= 11 is 1.35. The summed E-state index contributed by atoms with van der Waals surface area (Å²) in [7, 11) is 0. The van der Waals surface area contributed by atoms with Crippen LogP contribution in [0.5, 0.6) is 0 Å². The average molecular weight is 307 g/mol. The lowest BCUT2D eigenvalue weighted by Gasteiger charge is -2.33. The second kappa shape index (κ2) is 6.19. The number of hydrogen-bond acceptors (Lipinski definition) is 5. The SMILES string of the molecule is O=C(Nc1nccs1)[C@H]1CN(c2cccc(F)c2)CCO1. The van der Waals surface area contributed by atoms with Gasteiger partial charge in [-0.05, 0) is 18.2 Å². The molecule has 2 heterocycles. The van der Waals surface area contributed by atoms with Crippen LogP contribution in [0, 0.1) is 5.82 Å². The average Bonchev–Trinajstić information content (AvgIpc) is 3.00. The second-order valence-corrected chi connectivity index (χ2v) is 5.51. The van der Waals surface area contributed by atoms with Crippen LogP contribution in [0.2, 0.25) is 0 Å². The highest BCUT2D eigenvalue weighted by Crippen LogP contribution is 2.19. The molecule has 0 aliphatic carbocycles. The third-order valence-corrected chi connectivity index (χ3v) is 3.88. The van der Waals surface area contributed by atoms with Crippen molar-refractivity contribution in [1.29, 1.82) is 0 Å². The highest BCUT2D eigenvalue weighted by atomic mass is 32.1. The predicted octanol–water partition coefficient (Wildman–Crippen LogP) is 2.13. The molecule has 1 aromatic carbocycles. The number of nitrogens with one attached hydrogen (secondary N) is 1. The molecule has 1 N–H and O–H groups in total. The van der Waals surface area contributed by atoms with Gasteiger partial charge in [-0.1, -0.05) is 6.07 Å². The Morgan fingerprint density at radius 2 is 2.43 bits per heavy atom. The van der Waals surface area contributed by atoms with Crippen LogP contribution in [-0.4, -0.2) is 36.7 Å². The smallest absolute Gasteiger partial charge is 0.257 e. The number of halogens is 1. The number of rotatable bonds is 3. The van der Waals surface area contributed by atoms with Gasteiger partial charge in [-0.15, -0.1) is 11.3 Å². The first-order chi connectivity index (χ1) is 10.2. The minimum atomic E-state index is -0.592. The number of thiazole rings is 1. The zero-order valence-electron chi connectivity index (χ0n) is 11.2. The van der Waals surface area contributed by atoms with Crippen molar-refractivity contribution in [2.45, 2.75) is 6.10 Å². The molecule has 1 amide bonds. The normalized spacial score (nSPS) is 18.5. The number of anilines is 2. The van der Waals surface area contributed by atoms with Gasteiger partial charge in [0.1, 0.15) is 5.82 Å². The first-order valence-corrected chi connectivity index (χ1v) is 7.43. The first-order valence-electron chi connectivity index (χ1n) is 6.55. The molecule has 1 aliphatic rings. The third-order valence-electron chi connectivity index (χ3n) is 3.19. The Morgan fingerprint density at radius 3 is 3.19 bits per heavy atom. The molecule has 1 aliphatic heterocycles. The minimum absolute atomic E-state index is 0.231. The van der Waals surface area contributed by atoms with Gasteiger partial charge in [0.2, 0.25) is 0 Å². The van der Waals surface area contributed by atoms with Crippen LogP contribution in [0.25, 0.3) is 0 Å². The monoisotopic (exact) mass is 307 g/mol. The standard InChI is InChI=1S/C14H14FN3O2S/c15-10-2-1-3-11(8-10)18-5-6-20-12(9-18)13(19)17-14-16-4-7-21-14/h1-4,7-8,12H,5-6,9H2,(H,16,17,19)/t12-/m1/s1. The van der Waals surface area contributed by atoms with Crippen LogP contribution in [0.15, 0.2) is 35.8 Å². The quantitative estimate of drug-likeness (QED) is 0.944. The molecule has 1 saturated heterocycles. The Balaban J connectivity index is 1.66. The lowest BCUT2D eigenvalue weighted by atomic mass is 10.2. The molecule has 5 nitrogen and oxygen atoms in total. The lowest BCUT2D eigenvalue weighted by molar-refractivity contribution is -0.128. The van der Waals surface area contributed by atoms with E-state index in [-0.39, 0.29) is 11.7 Å². The van der Waals surface area contributed by atoms with Gasteiger partial charge in [0, 0.05) is 23.8 Å². The number of carbonyl (C=O) groups is 1. The van der Waals surface area contributed by atoms with E-state index in [0.717, 1.165) is 5.69 Å². The number of ether oxygens (including phenoxy) is 1. The van der Waals surface area contributed by atoms with Gasteiger partial charge in [0.05, 0.1) is 13.2 Å². The Morgan fingerprint density at radius 1 is 1.52 bits per heavy atom. The van der Waals surface area contributed by atoms with E-state index in [4.69, 9.17) is 4.74 Å². The van der Waals surface area contributed by atoms with Crippen molar-refractivity contribution < 1.29 is 13.9 Å². The molecule has 110 valence electrons. The van der Waals surface area contributed by atoms with Crippen LogP contribution >= 0.6 is 11.3 Å². The van der Waals surface area contributed by atoms with Gasteiger partial charge in [-0.2, -0.15) is 0 Å². The summed E-state index contributed by atoms with van der Waals surface area (Å²) in [5.74, 6) is -0.520. The van der Waals surface area contributed by atoms with Crippen LogP contribution < -0.4 is 10.2 Å². The fraction of sp³-hybridized carbons (Fsp3) is 0.286. The van der Waals surface area contributed by atoms with Crippen molar-refractivity contribution in [3.8, 4) is 0 Å². The molecule has 1 aromatic heterocycles. The first kappa shape index (κ1) is 14.0. The molecular weight excluding hydrogens is 293 g/mol. The van der Waals surface area contributed by atoms with E-state index in [2.05, 4.69) is 10.3 Å². The molecule has 21 heavy (non-hydrogen) atoms. The Labute approximate surface area is 125 Å². The number of benzene rings is 1. The zero-order valence-corrected chi connectivity index (χ0v) is 12.0. The van der Waals surface area contributed by atoms with E-state index in [9.17, 15) is 9.18 Å². The summed E-state index contributed by atoms with van der Waals surface area (Å²) in [6.45, 7) is 1.44. The van der Waals surface area contributed by atoms with Gasteiger partial charge in [0.25, 0.3) is 5.91 Å². The number of nitrogens with zero attached hydrogens (tertiary/aromatic N) is 2. The Hall–Kier alpha value is -1.99. The van der Waals surface area contributed by atoms with Crippen LogP contribution in [-0.2, 0) is 9.53 Å². The number of amides is 1. The molecule has 1 atom stereocenters. The van der Waals surface area contributed by atoms with E-state index in [1.165, 1.54) is 23.5 Å². The van der Waals surface area contributed by atoms with Gasteiger partial charge < -0.3 is 9.64 Å². The Kier molecular flexibility index (Phi) is 4.12. The van der Waals surface area contributed by atoms with E-state index in [0.29, 0.717) is 24.8 Å². The van der Waals surface area contributed by atoms with Crippen molar-refractivity contribution in [3.63, 3.8) is 0 Å². The van der Waals surface area contributed by atoms with Crippen molar-refractivity contribution >= 4 is 28.1 Å². The van der Waals surface area contributed by atoms with Crippen molar-refractivity contribution in [2.24, 2.45) is 0 Å². The maximum absolute atomic E-state index is 13.3. The molecule has 0 unspecified atom stereocenters. The maximum Gasteiger partial charge on any atom is 0.257 e. The van der Waals surface area contributed by atoms with Gasteiger partial charge in [-0.25, -0.2) is 9.37 Å². The largest absolute Gasteiger partial charge is 0.366 e. The summed E-state index contributed by atoms with van der Waals surface area (Å²) in [5, 5.41) is 5.05. The summed E-state index contributed by atoms with van der Waals surface area (Å²) in [5.41, 5.74) is 0.755. The molecule has 7 heteroatoms. The maximum atomic E-state index is 13.3. The molecule has 2 aromatic rings. The van der Waals surface area contributed by atoms with E-state index < -0.39 is 6.10 Å². The van der Waals surface area contributed by atoms with Crippen LogP contribution in [0.3, 0.4) is 0 Å². The van der Waals surface area contributed by atoms with Crippen molar-refractivity contribution in [3.05, 3.63) is 41.7 Å². The van der Waals surface area contributed by atoms with Crippen LogP contribution in [0.1, 0.15) is 0 Å². The van der Waals surface area contributed by atoms with Gasteiger partial charge in [0.15, 0.2) is 11.2 Å². The minimum Gasteiger partial charge on any atom is -0.366 e. The fourth-order valence-electron chi connectivity index (χ4n) is 2.19. The molecule has 0 radical (unpaired) electrons. The van der Waals surface area contributed by atoms with Crippen LogP contribution in [0.4, 0.5) is 15.2 Å². The number of morpholine rings is 1. The molecule has 1 fully saturated rings. The molecule has 3 rings (SSSR count).